The number of rotatable bonds is 8. The van der Waals surface area contributed by atoms with E-state index in [0.29, 0.717) is 29.7 Å². The molecule has 2 aliphatic rings. The first-order valence-corrected chi connectivity index (χ1v) is 9.96. The topological polar surface area (TPSA) is 58.6 Å². The van der Waals surface area contributed by atoms with Gasteiger partial charge in [-0.1, -0.05) is 42.5 Å². The lowest BCUT2D eigenvalue weighted by Gasteiger charge is -2.29. The Balaban J connectivity index is 1.32. The van der Waals surface area contributed by atoms with Gasteiger partial charge in [-0.2, -0.15) is 0 Å². The number of carboxylic acids is 1. The van der Waals surface area contributed by atoms with Crippen molar-refractivity contribution < 1.29 is 14.6 Å². The fourth-order valence-electron chi connectivity index (χ4n) is 4.60. The zero-order valence-electron chi connectivity index (χ0n) is 15.5. The number of carbonyl (C=O) groups is 1. The molecule has 0 unspecified atom stereocenters. The van der Waals surface area contributed by atoms with Crippen LogP contribution in [0.2, 0.25) is 0 Å². The largest absolute Gasteiger partial charge is 0.478 e. The van der Waals surface area contributed by atoms with Crippen LogP contribution in [0.1, 0.15) is 40.7 Å². The van der Waals surface area contributed by atoms with Gasteiger partial charge in [0.05, 0.1) is 17.8 Å². The first-order chi connectivity index (χ1) is 13.2. The highest BCUT2D eigenvalue weighted by Crippen LogP contribution is 2.41. The van der Waals surface area contributed by atoms with Crippen molar-refractivity contribution in [1.29, 1.82) is 0 Å². The summed E-state index contributed by atoms with van der Waals surface area (Å²) in [5, 5.41) is 12.8. The molecule has 2 bridgehead atoms. The van der Waals surface area contributed by atoms with Crippen LogP contribution in [0, 0.1) is 5.92 Å². The molecule has 142 valence electrons. The van der Waals surface area contributed by atoms with Crippen molar-refractivity contribution in [3.63, 3.8) is 0 Å². The van der Waals surface area contributed by atoms with Crippen LogP contribution in [0.15, 0.2) is 54.6 Å². The second-order valence-corrected chi connectivity index (χ2v) is 7.71. The number of ether oxygens (including phenoxy) is 1. The smallest absolute Gasteiger partial charge is 0.335 e. The van der Waals surface area contributed by atoms with Crippen molar-refractivity contribution in [2.45, 2.75) is 50.4 Å². The summed E-state index contributed by atoms with van der Waals surface area (Å²) >= 11 is 0. The van der Waals surface area contributed by atoms with Gasteiger partial charge in [-0.3, -0.25) is 0 Å². The lowest BCUT2D eigenvalue weighted by Crippen LogP contribution is -2.45. The van der Waals surface area contributed by atoms with Crippen molar-refractivity contribution in [2.75, 3.05) is 6.54 Å². The van der Waals surface area contributed by atoms with Gasteiger partial charge in [0.15, 0.2) is 0 Å². The zero-order chi connectivity index (χ0) is 18.6. The van der Waals surface area contributed by atoms with Crippen molar-refractivity contribution in [3.8, 4) is 0 Å². The second kappa shape index (κ2) is 8.24. The van der Waals surface area contributed by atoms with Crippen molar-refractivity contribution in [3.05, 3.63) is 71.3 Å². The van der Waals surface area contributed by atoms with Gasteiger partial charge in [0.1, 0.15) is 0 Å². The summed E-state index contributed by atoms with van der Waals surface area (Å²) < 4.78 is 6.20. The number of nitrogens with one attached hydrogen (secondary N) is 1. The molecule has 2 aliphatic heterocycles. The highest BCUT2D eigenvalue weighted by atomic mass is 16.5. The van der Waals surface area contributed by atoms with E-state index in [1.807, 2.05) is 12.1 Å². The summed E-state index contributed by atoms with van der Waals surface area (Å²) in [7, 11) is 0. The molecule has 4 nitrogen and oxygen atoms in total. The molecule has 0 spiro atoms. The van der Waals surface area contributed by atoms with Crippen LogP contribution < -0.4 is 5.32 Å². The minimum atomic E-state index is -0.870. The third-order valence-electron chi connectivity index (χ3n) is 6.03. The third-order valence-corrected chi connectivity index (χ3v) is 6.03. The van der Waals surface area contributed by atoms with Crippen LogP contribution in [-0.4, -0.2) is 35.9 Å². The third kappa shape index (κ3) is 4.23. The lowest BCUT2D eigenvalue weighted by molar-refractivity contribution is 0.0697. The number of hydrogen-bond acceptors (Lipinski definition) is 3. The molecule has 0 aromatic heterocycles. The van der Waals surface area contributed by atoms with Crippen molar-refractivity contribution >= 4 is 5.97 Å². The van der Waals surface area contributed by atoms with E-state index in [9.17, 15) is 4.79 Å². The highest BCUT2D eigenvalue weighted by molar-refractivity contribution is 5.87. The van der Waals surface area contributed by atoms with Crippen LogP contribution >= 0.6 is 0 Å². The molecule has 2 saturated heterocycles. The Morgan fingerprint density at radius 2 is 1.67 bits per heavy atom. The number of benzene rings is 2. The summed E-state index contributed by atoms with van der Waals surface area (Å²) in [6.07, 6.45) is 6.15. The summed E-state index contributed by atoms with van der Waals surface area (Å²) in [6.45, 7) is 0.977. The molecule has 0 amide bonds. The van der Waals surface area contributed by atoms with E-state index in [1.165, 1.54) is 17.5 Å². The molecule has 2 heterocycles. The molecule has 2 fully saturated rings. The Labute approximate surface area is 160 Å². The van der Waals surface area contributed by atoms with E-state index < -0.39 is 5.97 Å². The van der Waals surface area contributed by atoms with Gasteiger partial charge in [-0.15, -0.1) is 0 Å². The average Bonchev–Trinajstić information content (AvgIpc) is 3.29. The van der Waals surface area contributed by atoms with Gasteiger partial charge < -0.3 is 15.2 Å². The van der Waals surface area contributed by atoms with Crippen LogP contribution in [-0.2, 0) is 17.6 Å². The van der Waals surface area contributed by atoms with E-state index in [1.54, 1.807) is 12.1 Å². The van der Waals surface area contributed by atoms with Crippen LogP contribution in [0.5, 0.6) is 0 Å². The number of aryl methyl sites for hydroxylation is 1. The zero-order valence-corrected chi connectivity index (χ0v) is 15.5. The molecule has 0 aliphatic carbocycles. The first-order valence-electron chi connectivity index (χ1n) is 9.96. The van der Waals surface area contributed by atoms with Gasteiger partial charge in [0.2, 0.25) is 0 Å². The minimum Gasteiger partial charge on any atom is -0.478 e. The van der Waals surface area contributed by atoms with Gasteiger partial charge in [0, 0.05) is 12.0 Å². The predicted molar refractivity (Wildman–Crippen MR) is 105 cm³/mol. The monoisotopic (exact) mass is 365 g/mol. The van der Waals surface area contributed by atoms with Gasteiger partial charge >= 0.3 is 5.97 Å². The Morgan fingerprint density at radius 1 is 0.963 bits per heavy atom. The number of aromatic carboxylic acids is 1. The molecular formula is C23H27NO3. The van der Waals surface area contributed by atoms with Crippen molar-refractivity contribution in [2.24, 2.45) is 5.92 Å². The van der Waals surface area contributed by atoms with E-state index >= 15 is 0 Å². The summed E-state index contributed by atoms with van der Waals surface area (Å²) in [4.78, 5) is 11.0. The number of hydrogen-bond donors (Lipinski definition) is 2. The van der Waals surface area contributed by atoms with Crippen LogP contribution in [0.4, 0.5) is 0 Å². The highest BCUT2D eigenvalue weighted by Gasteiger charge is 2.48. The molecule has 4 rings (SSSR count). The number of carboxylic acid groups (broad SMARTS) is 1. The Morgan fingerprint density at radius 3 is 2.41 bits per heavy atom. The summed E-state index contributed by atoms with van der Waals surface area (Å²) in [6, 6.07) is 18.3. The quantitative estimate of drug-likeness (QED) is 0.749. The predicted octanol–water partition coefficient (Wildman–Crippen LogP) is 3.70. The van der Waals surface area contributed by atoms with E-state index in [2.05, 4.69) is 35.6 Å². The van der Waals surface area contributed by atoms with Gasteiger partial charge in [-0.25, -0.2) is 4.79 Å². The van der Waals surface area contributed by atoms with Gasteiger partial charge in [0.25, 0.3) is 0 Å². The Hall–Kier alpha value is -2.17. The normalized spacial score (nSPS) is 26.4. The van der Waals surface area contributed by atoms with E-state index in [4.69, 9.17) is 9.84 Å². The average molecular weight is 365 g/mol. The molecule has 2 N–H and O–H groups in total. The molecule has 0 saturated carbocycles. The lowest BCUT2D eigenvalue weighted by atomic mass is 9.81. The Kier molecular flexibility index (Phi) is 5.55. The standard InChI is InChI=1S/C23H27NO3/c25-23(26)18-9-6-17(7-10-18)8-11-19-20-12-13-21(27-20)22(19)24-15-14-16-4-2-1-3-5-16/h1-7,9-10,19-22,24H,8,11-15H2,(H,25,26)/t19-,20+,21-,22+/m1/s1. The number of fused-ring (bicyclic) bond motifs is 2. The fraction of sp³-hybridized carbons (Fsp3) is 0.435. The minimum absolute atomic E-state index is 0.350. The molecular weight excluding hydrogens is 338 g/mol. The maximum atomic E-state index is 11.0. The van der Waals surface area contributed by atoms with Gasteiger partial charge in [-0.05, 0) is 61.9 Å². The summed E-state index contributed by atoms with van der Waals surface area (Å²) in [5.74, 6) is -0.329. The first kappa shape index (κ1) is 18.2. The second-order valence-electron chi connectivity index (χ2n) is 7.71. The molecule has 27 heavy (non-hydrogen) atoms. The van der Waals surface area contributed by atoms with E-state index in [0.717, 1.165) is 32.2 Å². The maximum Gasteiger partial charge on any atom is 0.335 e. The maximum absolute atomic E-state index is 11.0. The fourth-order valence-corrected chi connectivity index (χ4v) is 4.60. The van der Waals surface area contributed by atoms with Crippen molar-refractivity contribution in [1.82, 2.24) is 5.32 Å². The molecule has 4 heteroatoms. The van der Waals surface area contributed by atoms with Crippen LogP contribution in [0.3, 0.4) is 0 Å². The summed E-state index contributed by atoms with van der Waals surface area (Å²) in [5.41, 5.74) is 2.91. The van der Waals surface area contributed by atoms with E-state index in [-0.39, 0.29) is 0 Å². The van der Waals surface area contributed by atoms with Crippen LogP contribution in [0.25, 0.3) is 0 Å². The Bertz CT molecular complexity index is 759. The molecule has 4 atom stereocenters. The molecule has 2 aromatic carbocycles. The molecule has 2 aromatic rings. The molecule has 0 radical (unpaired) electrons. The SMILES string of the molecule is O=C(O)c1ccc(CC[C@H]2[C@H](NCCc3ccccc3)[C@H]3CC[C@@H]2O3)cc1.